The van der Waals surface area contributed by atoms with Crippen LogP contribution in [0.3, 0.4) is 0 Å². The smallest absolute Gasteiger partial charge is 0.323 e. The molecule has 4 aromatic rings. The number of nitrogens with zero attached hydrogens (tertiary/aromatic N) is 5. The summed E-state index contributed by atoms with van der Waals surface area (Å²) in [5.41, 5.74) is 9.14. The maximum Gasteiger partial charge on any atom is 0.323 e. The number of anilines is 3. The van der Waals surface area contributed by atoms with Gasteiger partial charge in [0.1, 0.15) is 11.8 Å². The summed E-state index contributed by atoms with van der Waals surface area (Å²) < 4.78 is 1.62. The van der Waals surface area contributed by atoms with Crippen molar-refractivity contribution in [3.05, 3.63) is 77.5 Å². The van der Waals surface area contributed by atoms with Crippen LogP contribution in [0.4, 0.5) is 22.0 Å². The average molecular weight is 440 g/mol. The van der Waals surface area contributed by atoms with Crippen LogP contribution in [0.15, 0.2) is 55.1 Å². The van der Waals surface area contributed by atoms with Crippen LogP contribution < -0.4 is 16.4 Å². The van der Waals surface area contributed by atoms with E-state index in [-0.39, 0.29) is 23.1 Å². The van der Waals surface area contributed by atoms with Crippen LogP contribution in [0.5, 0.6) is 0 Å². The van der Waals surface area contributed by atoms with E-state index in [1.54, 1.807) is 34.8 Å². The Kier molecular flexibility index (Phi) is 5.69. The molecule has 0 atom stereocenters. The Morgan fingerprint density at radius 1 is 1.12 bits per heavy atom. The number of hydrogen-bond donors (Lipinski definition) is 3. The van der Waals surface area contributed by atoms with Crippen molar-refractivity contribution in [3.8, 4) is 6.07 Å². The number of ketones is 1. The zero-order valence-electron chi connectivity index (χ0n) is 17.9. The van der Waals surface area contributed by atoms with E-state index in [4.69, 9.17) is 11.0 Å². The fraction of sp³-hybridized carbons (Fsp3) is 0.130. The van der Waals surface area contributed by atoms with Crippen molar-refractivity contribution in [2.75, 3.05) is 16.4 Å². The summed E-state index contributed by atoms with van der Waals surface area (Å²) >= 11 is 0. The van der Waals surface area contributed by atoms with Gasteiger partial charge in [0.05, 0.1) is 29.1 Å². The molecule has 10 heteroatoms. The molecule has 0 saturated heterocycles. The minimum atomic E-state index is -0.537. The Balaban J connectivity index is 1.60. The minimum absolute atomic E-state index is 0.0997. The number of nitrogens with two attached hydrogens (primary N) is 1. The molecule has 0 aliphatic carbocycles. The van der Waals surface area contributed by atoms with Gasteiger partial charge < -0.3 is 16.4 Å². The average Bonchev–Trinajstić information content (AvgIpc) is 3.20. The molecule has 4 N–H and O–H groups in total. The topological polar surface area (TPSA) is 151 Å². The minimum Gasteiger partial charge on any atom is -0.382 e. The van der Waals surface area contributed by atoms with E-state index >= 15 is 0 Å². The van der Waals surface area contributed by atoms with Gasteiger partial charge in [0.15, 0.2) is 11.6 Å². The van der Waals surface area contributed by atoms with Crippen molar-refractivity contribution in [2.24, 2.45) is 0 Å². The quantitative estimate of drug-likeness (QED) is 0.401. The number of nitrogen functional groups attached to an aromatic ring is 1. The molecule has 2 amide bonds. The Morgan fingerprint density at radius 2 is 1.91 bits per heavy atom. The third-order valence-corrected chi connectivity index (χ3v) is 4.95. The number of urea groups is 1. The zero-order valence-corrected chi connectivity index (χ0v) is 17.9. The van der Waals surface area contributed by atoms with Crippen LogP contribution in [-0.4, -0.2) is 31.4 Å². The first kappa shape index (κ1) is 21.5. The van der Waals surface area contributed by atoms with Crippen LogP contribution in [0, 0.1) is 11.3 Å². The number of nitriles is 1. The first-order valence-corrected chi connectivity index (χ1v) is 10.1. The number of pyridine rings is 1. The third kappa shape index (κ3) is 4.33. The lowest BCUT2D eigenvalue weighted by atomic mass is 10.0. The van der Waals surface area contributed by atoms with Crippen LogP contribution in [0.25, 0.3) is 5.52 Å². The number of aromatic nitrogens is 4. The lowest BCUT2D eigenvalue weighted by Gasteiger charge is -2.09. The summed E-state index contributed by atoms with van der Waals surface area (Å²) in [5, 5.41) is 18.5. The highest BCUT2D eigenvalue weighted by Crippen LogP contribution is 2.27. The number of rotatable bonds is 5. The summed E-state index contributed by atoms with van der Waals surface area (Å²) in [7, 11) is 0. The first-order valence-electron chi connectivity index (χ1n) is 10.1. The van der Waals surface area contributed by atoms with Gasteiger partial charge in [-0.05, 0) is 36.2 Å². The summed E-state index contributed by atoms with van der Waals surface area (Å²) in [5.74, 6) is -0.0247. The molecule has 0 spiro atoms. The highest BCUT2D eigenvalue weighted by molar-refractivity contribution is 6.15. The molecule has 0 unspecified atom stereocenters. The normalized spacial score (nSPS) is 10.7. The van der Waals surface area contributed by atoms with E-state index in [1.807, 2.05) is 19.9 Å². The predicted octanol–water partition coefficient (Wildman–Crippen LogP) is 3.58. The van der Waals surface area contributed by atoms with E-state index in [9.17, 15) is 9.59 Å². The molecule has 0 bridgehead atoms. The molecule has 1 aromatic carbocycles. The van der Waals surface area contributed by atoms with Crippen LogP contribution in [-0.2, 0) is 0 Å². The zero-order chi connectivity index (χ0) is 23.5. The summed E-state index contributed by atoms with van der Waals surface area (Å²) in [4.78, 5) is 33.8. The Hall–Kier alpha value is -4.78. The summed E-state index contributed by atoms with van der Waals surface area (Å²) in [6.45, 7) is 3.98. The molecule has 3 aromatic heterocycles. The Bertz CT molecular complexity index is 1420. The van der Waals surface area contributed by atoms with Gasteiger partial charge in [-0.25, -0.2) is 14.3 Å². The molecule has 0 fully saturated rings. The van der Waals surface area contributed by atoms with Gasteiger partial charge in [-0.2, -0.15) is 10.4 Å². The van der Waals surface area contributed by atoms with E-state index in [2.05, 4.69) is 25.7 Å². The van der Waals surface area contributed by atoms with Gasteiger partial charge in [0.2, 0.25) is 0 Å². The van der Waals surface area contributed by atoms with E-state index in [0.717, 1.165) is 5.69 Å². The van der Waals surface area contributed by atoms with Gasteiger partial charge in [0, 0.05) is 23.1 Å². The van der Waals surface area contributed by atoms with E-state index in [0.29, 0.717) is 28.0 Å². The molecule has 4 rings (SSSR count). The molecular weight excluding hydrogens is 420 g/mol. The molecule has 164 valence electrons. The first-order chi connectivity index (χ1) is 15.9. The fourth-order valence-electron chi connectivity index (χ4n) is 3.42. The number of carbonyl (C=O) groups excluding carboxylic acids is 2. The lowest BCUT2D eigenvalue weighted by Crippen LogP contribution is -2.19. The third-order valence-electron chi connectivity index (χ3n) is 4.95. The van der Waals surface area contributed by atoms with Gasteiger partial charge in [-0.3, -0.25) is 9.78 Å². The van der Waals surface area contributed by atoms with Crippen molar-refractivity contribution < 1.29 is 9.59 Å². The highest BCUT2D eigenvalue weighted by Gasteiger charge is 2.22. The number of amides is 2. The van der Waals surface area contributed by atoms with Gasteiger partial charge in [-0.15, -0.1) is 0 Å². The van der Waals surface area contributed by atoms with Crippen molar-refractivity contribution >= 4 is 34.5 Å². The molecule has 3 heterocycles. The van der Waals surface area contributed by atoms with Crippen molar-refractivity contribution in [2.45, 2.75) is 19.8 Å². The van der Waals surface area contributed by atoms with E-state index < -0.39 is 6.03 Å². The second-order valence-electron chi connectivity index (χ2n) is 7.61. The monoisotopic (exact) mass is 440 g/mol. The second-order valence-corrected chi connectivity index (χ2v) is 7.61. The Labute approximate surface area is 189 Å². The van der Waals surface area contributed by atoms with Crippen molar-refractivity contribution in [1.82, 2.24) is 19.6 Å². The summed E-state index contributed by atoms with van der Waals surface area (Å²) in [6, 6.07) is 11.3. The standard InChI is InChI=1S/C23H20N8O2/c1-13(2)19-8-18(20-22(25)27-12-28-31(19)20)21(32)15-7-17(11-26-10-15)30-23(33)29-16-5-3-4-14(6-16)9-24/h3-8,10-13H,1-2H3,(H2,25,27,28)(H2,29,30,33). The van der Waals surface area contributed by atoms with Crippen LogP contribution in [0.1, 0.15) is 46.9 Å². The number of carbonyl (C=O) groups is 2. The van der Waals surface area contributed by atoms with Crippen LogP contribution in [0.2, 0.25) is 0 Å². The predicted molar refractivity (Wildman–Crippen MR) is 123 cm³/mol. The highest BCUT2D eigenvalue weighted by atomic mass is 16.2. The number of nitrogens with one attached hydrogen (secondary N) is 2. The summed E-state index contributed by atoms with van der Waals surface area (Å²) in [6.07, 6.45) is 4.19. The van der Waals surface area contributed by atoms with Gasteiger partial charge in [0.25, 0.3) is 0 Å². The maximum absolute atomic E-state index is 13.3. The molecule has 0 aliphatic rings. The van der Waals surface area contributed by atoms with Crippen LogP contribution >= 0.6 is 0 Å². The number of fused-ring (bicyclic) bond motifs is 1. The second kappa shape index (κ2) is 8.76. The van der Waals surface area contributed by atoms with Crippen molar-refractivity contribution in [3.63, 3.8) is 0 Å². The van der Waals surface area contributed by atoms with Gasteiger partial charge >= 0.3 is 6.03 Å². The van der Waals surface area contributed by atoms with Gasteiger partial charge in [-0.1, -0.05) is 19.9 Å². The molecule has 0 aliphatic heterocycles. The van der Waals surface area contributed by atoms with Crippen molar-refractivity contribution in [1.29, 1.82) is 5.26 Å². The molecule has 33 heavy (non-hydrogen) atoms. The molecule has 10 nitrogen and oxygen atoms in total. The number of benzene rings is 1. The molecular formula is C23H20N8O2. The maximum atomic E-state index is 13.3. The largest absolute Gasteiger partial charge is 0.382 e. The fourth-order valence-corrected chi connectivity index (χ4v) is 3.42. The van der Waals surface area contributed by atoms with E-state index in [1.165, 1.54) is 24.8 Å². The SMILES string of the molecule is CC(C)c1cc(C(=O)c2cncc(NC(=O)Nc3cccc(C#N)c3)c2)c2c(N)ncnn12. The Morgan fingerprint density at radius 3 is 2.67 bits per heavy atom. The molecule has 0 saturated carbocycles. The molecule has 0 radical (unpaired) electrons. The number of hydrogen-bond acceptors (Lipinski definition) is 7. The lowest BCUT2D eigenvalue weighted by molar-refractivity contribution is 0.104.